The van der Waals surface area contributed by atoms with Gasteiger partial charge in [-0.3, -0.25) is 0 Å². The maximum absolute atomic E-state index is 5.97. The molecule has 2 heterocycles. The highest BCUT2D eigenvalue weighted by Gasteiger charge is 2.19. The van der Waals surface area contributed by atoms with Gasteiger partial charge in [-0.25, -0.2) is 4.52 Å². The first-order valence-corrected chi connectivity index (χ1v) is 7.51. The molecule has 0 spiro atoms. The molecule has 0 amide bonds. The number of aromatic nitrogens is 3. The summed E-state index contributed by atoms with van der Waals surface area (Å²) in [5, 5.41) is 8.54. The Kier molecular flexibility index (Phi) is 3.04. The summed E-state index contributed by atoms with van der Waals surface area (Å²) in [5.74, 6) is 0.668. The zero-order chi connectivity index (χ0) is 14.2. The Morgan fingerprint density at radius 2 is 2.00 bits per heavy atom. The highest BCUT2D eigenvalue weighted by molar-refractivity contribution is 6.30. The summed E-state index contributed by atoms with van der Waals surface area (Å²) in [4.78, 5) is 4.49. The summed E-state index contributed by atoms with van der Waals surface area (Å²) in [6, 6.07) is 12.7. The van der Waals surface area contributed by atoms with Crippen LogP contribution in [0.3, 0.4) is 0 Å². The molecule has 21 heavy (non-hydrogen) atoms. The van der Waals surface area contributed by atoms with Crippen molar-refractivity contribution in [3.8, 4) is 0 Å². The molecular weight excluding hydrogens is 284 g/mol. The molecule has 0 saturated carbocycles. The van der Waals surface area contributed by atoms with Gasteiger partial charge in [-0.1, -0.05) is 35.9 Å². The highest BCUT2D eigenvalue weighted by Crippen LogP contribution is 2.23. The predicted molar refractivity (Wildman–Crippen MR) is 83.9 cm³/mol. The zero-order valence-corrected chi connectivity index (χ0v) is 12.2. The lowest BCUT2D eigenvalue weighted by molar-refractivity contribution is 0.606. The average Bonchev–Trinajstić information content (AvgIpc) is 2.88. The summed E-state index contributed by atoms with van der Waals surface area (Å²) in [7, 11) is 0. The minimum Gasteiger partial charge on any atom is -0.350 e. The van der Waals surface area contributed by atoms with Crippen molar-refractivity contribution in [2.45, 2.75) is 25.3 Å². The first kappa shape index (κ1) is 12.7. The number of fused-ring (bicyclic) bond motifs is 2. The quantitative estimate of drug-likeness (QED) is 0.789. The summed E-state index contributed by atoms with van der Waals surface area (Å²) >= 11 is 5.97. The van der Waals surface area contributed by atoms with E-state index in [1.807, 2.05) is 12.1 Å². The van der Waals surface area contributed by atoms with Gasteiger partial charge in [-0.15, -0.1) is 5.10 Å². The number of pyridine rings is 1. The third kappa shape index (κ3) is 2.47. The van der Waals surface area contributed by atoms with E-state index in [0.29, 0.717) is 17.0 Å². The normalized spacial score (nSPS) is 17.7. The molecule has 1 atom stereocenters. The lowest BCUT2D eigenvalue weighted by Crippen LogP contribution is -2.27. The Bertz CT molecular complexity index is 796. The fourth-order valence-electron chi connectivity index (χ4n) is 2.92. The molecule has 1 unspecified atom stereocenters. The molecule has 0 fully saturated rings. The van der Waals surface area contributed by atoms with Crippen molar-refractivity contribution in [1.29, 1.82) is 0 Å². The topological polar surface area (TPSA) is 42.2 Å². The van der Waals surface area contributed by atoms with Crippen LogP contribution in [-0.4, -0.2) is 20.6 Å². The maximum Gasteiger partial charge on any atom is 0.243 e. The smallest absolute Gasteiger partial charge is 0.243 e. The number of anilines is 1. The van der Waals surface area contributed by atoms with Crippen LogP contribution in [0.5, 0.6) is 0 Å². The molecule has 106 valence electrons. The van der Waals surface area contributed by atoms with Crippen LogP contribution in [0.4, 0.5) is 5.95 Å². The van der Waals surface area contributed by atoms with Gasteiger partial charge in [0, 0.05) is 12.2 Å². The van der Waals surface area contributed by atoms with E-state index in [4.69, 9.17) is 11.6 Å². The van der Waals surface area contributed by atoms with E-state index in [9.17, 15) is 0 Å². The molecule has 4 nitrogen and oxygen atoms in total. The average molecular weight is 299 g/mol. The molecule has 1 aromatic carbocycles. The van der Waals surface area contributed by atoms with E-state index in [2.05, 4.69) is 39.7 Å². The predicted octanol–water partition coefficient (Wildman–Crippen LogP) is 3.35. The van der Waals surface area contributed by atoms with Gasteiger partial charge in [0.05, 0.1) is 5.02 Å². The van der Waals surface area contributed by atoms with Crippen LogP contribution in [0.25, 0.3) is 5.65 Å². The van der Waals surface area contributed by atoms with Gasteiger partial charge < -0.3 is 5.32 Å². The van der Waals surface area contributed by atoms with Crippen LogP contribution >= 0.6 is 11.6 Å². The lowest BCUT2D eigenvalue weighted by atomic mass is 9.88. The van der Waals surface area contributed by atoms with E-state index in [1.54, 1.807) is 10.7 Å². The van der Waals surface area contributed by atoms with Crippen LogP contribution in [0, 0.1) is 0 Å². The van der Waals surface area contributed by atoms with Crippen molar-refractivity contribution in [3.63, 3.8) is 0 Å². The number of nitrogens with zero attached hydrogens (tertiary/aromatic N) is 3. The fraction of sp³-hybridized carbons (Fsp3) is 0.250. The number of halogens is 1. The van der Waals surface area contributed by atoms with Crippen molar-refractivity contribution >= 4 is 23.2 Å². The van der Waals surface area contributed by atoms with E-state index >= 15 is 0 Å². The maximum atomic E-state index is 5.97. The first-order valence-electron chi connectivity index (χ1n) is 7.13. The van der Waals surface area contributed by atoms with Gasteiger partial charge in [0.1, 0.15) is 0 Å². The van der Waals surface area contributed by atoms with Gasteiger partial charge >= 0.3 is 0 Å². The minimum absolute atomic E-state index is 0.382. The van der Waals surface area contributed by atoms with Crippen molar-refractivity contribution in [1.82, 2.24) is 14.6 Å². The Balaban J connectivity index is 1.55. The molecule has 1 N–H and O–H groups in total. The highest BCUT2D eigenvalue weighted by atomic mass is 35.5. The monoisotopic (exact) mass is 298 g/mol. The van der Waals surface area contributed by atoms with Crippen LogP contribution in [0.1, 0.15) is 17.5 Å². The van der Waals surface area contributed by atoms with Gasteiger partial charge in [-0.2, -0.15) is 4.98 Å². The van der Waals surface area contributed by atoms with Gasteiger partial charge in [0.2, 0.25) is 5.95 Å². The molecule has 0 aliphatic heterocycles. The number of hydrogen-bond acceptors (Lipinski definition) is 3. The van der Waals surface area contributed by atoms with Crippen LogP contribution in [0.15, 0.2) is 42.6 Å². The second-order valence-electron chi connectivity index (χ2n) is 5.44. The molecular formula is C16H15ClN4. The van der Waals surface area contributed by atoms with E-state index < -0.39 is 0 Å². The fourth-order valence-corrected chi connectivity index (χ4v) is 3.08. The summed E-state index contributed by atoms with van der Waals surface area (Å²) in [5.41, 5.74) is 3.69. The van der Waals surface area contributed by atoms with Crippen molar-refractivity contribution in [2.75, 3.05) is 5.32 Å². The molecule has 0 bridgehead atoms. The zero-order valence-electron chi connectivity index (χ0n) is 11.5. The largest absolute Gasteiger partial charge is 0.350 e. The van der Waals surface area contributed by atoms with Gasteiger partial charge in [-0.05, 0) is 42.5 Å². The second kappa shape index (κ2) is 5.04. The Morgan fingerprint density at radius 1 is 1.14 bits per heavy atom. The third-order valence-electron chi connectivity index (χ3n) is 3.97. The molecule has 0 saturated heterocycles. The van der Waals surface area contributed by atoms with Crippen LogP contribution in [0.2, 0.25) is 5.02 Å². The Morgan fingerprint density at radius 3 is 2.90 bits per heavy atom. The van der Waals surface area contributed by atoms with Crippen molar-refractivity contribution in [3.05, 3.63) is 58.7 Å². The number of rotatable bonds is 2. The van der Waals surface area contributed by atoms with Crippen LogP contribution in [-0.2, 0) is 12.8 Å². The molecule has 3 aromatic rings. The van der Waals surface area contributed by atoms with Crippen molar-refractivity contribution < 1.29 is 0 Å². The first-order chi connectivity index (χ1) is 10.3. The summed E-state index contributed by atoms with van der Waals surface area (Å²) in [6.07, 6.45) is 5.00. The molecule has 1 aliphatic carbocycles. The number of hydrogen-bond donors (Lipinski definition) is 1. The Labute approximate surface area is 127 Å². The lowest BCUT2D eigenvalue weighted by Gasteiger charge is -2.24. The van der Waals surface area contributed by atoms with Gasteiger partial charge in [0.25, 0.3) is 0 Å². The molecule has 5 heteroatoms. The molecule has 2 aromatic heterocycles. The van der Waals surface area contributed by atoms with Crippen LogP contribution < -0.4 is 5.32 Å². The number of nitrogens with one attached hydrogen (secondary N) is 1. The number of aryl methyl sites for hydroxylation is 1. The van der Waals surface area contributed by atoms with Crippen molar-refractivity contribution in [2.24, 2.45) is 0 Å². The minimum atomic E-state index is 0.382. The molecule has 1 aliphatic rings. The van der Waals surface area contributed by atoms with E-state index in [1.165, 1.54) is 11.1 Å². The summed E-state index contributed by atoms with van der Waals surface area (Å²) in [6.45, 7) is 0. The van der Waals surface area contributed by atoms with E-state index in [0.717, 1.165) is 24.9 Å². The standard InChI is InChI=1S/C16H15ClN4/c17-13-6-8-15-19-16(20-21(15)10-13)18-14-7-5-11-3-1-2-4-12(11)9-14/h1-4,6,8,10,14H,5,7,9H2,(H,18,20). The Hall–Kier alpha value is -2.07. The third-order valence-corrected chi connectivity index (χ3v) is 4.20. The molecule has 0 radical (unpaired) electrons. The summed E-state index contributed by atoms with van der Waals surface area (Å²) < 4.78 is 1.71. The van der Waals surface area contributed by atoms with Gasteiger partial charge in [0.15, 0.2) is 5.65 Å². The van der Waals surface area contributed by atoms with E-state index in [-0.39, 0.29) is 0 Å². The molecule has 4 rings (SSSR count). The second-order valence-corrected chi connectivity index (χ2v) is 5.87. The SMILES string of the molecule is Clc1ccc2nc(NC3CCc4ccccc4C3)nn2c1. The number of benzene rings is 1.